The fourth-order valence-corrected chi connectivity index (χ4v) is 3.72. The molecule has 1 saturated carbocycles. The third kappa shape index (κ3) is 4.43. The van der Waals surface area contributed by atoms with E-state index >= 15 is 0 Å². The van der Waals surface area contributed by atoms with Crippen LogP contribution in [0.25, 0.3) is 0 Å². The number of carbonyl (C=O) groups excluding carboxylic acids is 1. The quantitative estimate of drug-likeness (QED) is 0.608. The minimum absolute atomic E-state index is 0.151. The number of H-pyrrole nitrogens is 1. The van der Waals surface area contributed by atoms with Crippen molar-refractivity contribution in [1.29, 1.82) is 0 Å². The predicted octanol–water partition coefficient (Wildman–Crippen LogP) is 2.10. The van der Waals surface area contributed by atoms with Crippen molar-refractivity contribution >= 4 is 17.5 Å². The van der Waals surface area contributed by atoms with E-state index < -0.39 is 22.8 Å². The molecule has 0 saturated heterocycles. The molecule has 1 aliphatic rings. The number of amides is 1. The number of aliphatic hydroxyl groups is 2. The molecule has 1 atom stereocenters. The maximum atomic E-state index is 12.7. The van der Waals surface area contributed by atoms with E-state index in [-0.39, 0.29) is 22.8 Å². The third-order valence-electron chi connectivity index (χ3n) is 5.30. The lowest BCUT2D eigenvalue weighted by Crippen LogP contribution is -2.44. The molecule has 1 aliphatic carbocycles. The van der Waals surface area contributed by atoms with Crippen LogP contribution in [0.15, 0.2) is 35.3 Å². The lowest BCUT2D eigenvalue weighted by atomic mass is 9.85. The summed E-state index contributed by atoms with van der Waals surface area (Å²) in [7, 11) is 0. The highest BCUT2D eigenvalue weighted by Gasteiger charge is 2.31. The van der Waals surface area contributed by atoms with E-state index in [1.807, 2.05) is 0 Å². The molecule has 3 rings (SSSR count). The van der Waals surface area contributed by atoms with E-state index in [9.17, 15) is 19.8 Å². The number of hydrogen-bond donors (Lipinski definition) is 4. The number of carbonyl (C=O) groups is 1. The van der Waals surface area contributed by atoms with Gasteiger partial charge in [-0.2, -0.15) is 4.98 Å². The summed E-state index contributed by atoms with van der Waals surface area (Å²) in [6, 6.07) is 6.07. The summed E-state index contributed by atoms with van der Waals surface area (Å²) < 4.78 is 0. The highest BCUT2D eigenvalue weighted by atomic mass is 35.5. The summed E-state index contributed by atoms with van der Waals surface area (Å²) in [5, 5.41) is 24.5. The van der Waals surface area contributed by atoms with E-state index in [1.165, 1.54) is 31.3 Å². The molecule has 1 aromatic carbocycles. The fourth-order valence-electron chi connectivity index (χ4n) is 3.52. The molecule has 1 fully saturated rings. The van der Waals surface area contributed by atoms with E-state index in [1.54, 1.807) is 6.07 Å². The van der Waals surface area contributed by atoms with Crippen molar-refractivity contribution in [2.45, 2.75) is 50.2 Å². The number of benzene rings is 1. The minimum Gasteiger partial charge on any atom is -0.388 e. The topological polar surface area (TPSA) is 115 Å². The molecule has 7 nitrogen and oxygen atoms in total. The first-order valence-corrected chi connectivity index (χ1v) is 9.68. The van der Waals surface area contributed by atoms with Crippen LogP contribution in [0.4, 0.5) is 0 Å². The summed E-state index contributed by atoms with van der Waals surface area (Å²) in [4.78, 5) is 30.3. The Morgan fingerprint density at radius 1 is 1.32 bits per heavy atom. The molecule has 1 heterocycles. The van der Waals surface area contributed by atoms with Gasteiger partial charge in [0.1, 0.15) is 5.60 Å². The highest BCUT2D eigenvalue weighted by molar-refractivity contribution is 6.33. The van der Waals surface area contributed by atoms with Gasteiger partial charge in [0.05, 0.1) is 21.9 Å². The Hall–Kier alpha value is -2.22. The molecule has 0 aliphatic heterocycles. The van der Waals surface area contributed by atoms with Crippen LogP contribution < -0.4 is 11.0 Å². The van der Waals surface area contributed by atoms with Gasteiger partial charge in [-0.05, 0) is 43.5 Å². The Morgan fingerprint density at radius 3 is 2.71 bits per heavy atom. The van der Waals surface area contributed by atoms with Crippen LogP contribution in [0.3, 0.4) is 0 Å². The molecule has 0 unspecified atom stereocenters. The van der Waals surface area contributed by atoms with Crippen LogP contribution in [0, 0.1) is 0 Å². The van der Waals surface area contributed by atoms with E-state index in [0.717, 1.165) is 19.3 Å². The minimum atomic E-state index is -1.59. The van der Waals surface area contributed by atoms with Crippen molar-refractivity contribution in [3.05, 3.63) is 62.8 Å². The molecule has 0 radical (unpaired) electrons. The standard InChI is InChI=1S/C20H24ClN3O4/c1-19(27,16-7-10-22-18(26)24-16)13-5-6-15(21)14(11-13)17(25)23-12-20(28)8-3-2-4-9-20/h5-7,10-11,27-28H,2-4,8-9,12H2,1H3,(H,23,25)(H,22,24,26)/t19-/m1/s1. The second-order valence-electron chi connectivity index (χ2n) is 7.51. The second kappa shape index (κ2) is 8.03. The highest BCUT2D eigenvalue weighted by Crippen LogP contribution is 2.31. The number of nitrogens with zero attached hydrogens (tertiary/aromatic N) is 1. The molecule has 1 aromatic heterocycles. The third-order valence-corrected chi connectivity index (χ3v) is 5.63. The maximum Gasteiger partial charge on any atom is 0.345 e. The van der Waals surface area contributed by atoms with Crippen LogP contribution in [0.2, 0.25) is 5.02 Å². The molecule has 8 heteroatoms. The first kappa shape index (κ1) is 20.5. The van der Waals surface area contributed by atoms with Crippen LogP contribution in [0.1, 0.15) is 60.6 Å². The molecule has 1 amide bonds. The van der Waals surface area contributed by atoms with Crippen molar-refractivity contribution in [1.82, 2.24) is 15.3 Å². The van der Waals surface area contributed by atoms with Gasteiger partial charge in [-0.1, -0.05) is 36.9 Å². The lowest BCUT2D eigenvalue weighted by Gasteiger charge is -2.32. The summed E-state index contributed by atoms with van der Waals surface area (Å²) in [6.07, 6.45) is 5.68. The van der Waals surface area contributed by atoms with E-state index in [0.29, 0.717) is 18.4 Å². The van der Waals surface area contributed by atoms with Crippen molar-refractivity contribution < 1.29 is 15.0 Å². The number of aromatic nitrogens is 2. The zero-order valence-corrected chi connectivity index (χ0v) is 16.4. The van der Waals surface area contributed by atoms with Crippen molar-refractivity contribution in [2.24, 2.45) is 0 Å². The fraction of sp³-hybridized carbons (Fsp3) is 0.450. The van der Waals surface area contributed by atoms with Crippen LogP contribution in [-0.4, -0.2) is 38.2 Å². The molecule has 150 valence electrons. The average Bonchev–Trinajstić information content (AvgIpc) is 2.67. The Bertz CT molecular complexity index is 920. The molecular weight excluding hydrogens is 382 g/mol. The van der Waals surface area contributed by atoms with E-state index in [4.69, 9.17) is 11.6 Å². The average molecular weight is 406 g/mol. The normalized spacial score (nSPS) is 18.3. The number of halogens is 1. The maximum absolute atomic E-state index is 12.7. The number of nitrogens with one attached hydrogen (secondary N) is 2. The zero-order chi connectivity index (χ0) is 20.4. The van der Waals surface area contributed by atoms with Gasteiger partial charge in [-0.3, -0.25) is 4.79 Å². The van der Waals surface area contributed by atoms with Crippen LogP contribution >= 0.6 is 11.6 Å². The molecular formula is C20H24ClN3O4. The van der Waals surface area contributed by atoms with Gasteiger partial charge in [-0.25, -0.2) is 4.79 Å². The van der Waals surface area contributed by atoms with Crippen molar-refractivity contribution in [2.75, 3.05) is 6.54 Å². The summed E-state index contributed by atoms with van der Waals surface area (Å²) in [5.41, 5.74) is -2.35. The first-order valence-electron chi connectivity index (χ1n) is 9.30. The van der Waals surface area contributed by atoms with Crippen molar-refractivity contribution in [3.8, 4) is 0 Å². The Labute approximate surface area is 167 Å². The zero-order valence-electron chi connectivity index (χ0n) is 15.7. The van der Waals surface area contributed by atoms with Crippen LogP contribution in [-0.2, 0) is 5.60 Å². The predicted molar refractivity (Wildman–Crippen MR) is 105 cm³/mol. The molecule has 0 spiro atoms. The summed E-state index contributed by atoms with van der Waals surface area (Å²) in [6.45, 7) is 1.64. The Morgan fingerprint density at radius 2 is 2.04 bits per heavy atom. The molecule has 4 N–H and O–H groups in total. The van der Waals surface area contributed by atoms with Gasteiger partial charge >= 0.3 is 5.69 Å². The monoisotopic (exact) mass is 405 g/mol. The second-order valence-corrected chi connectivity index (χ2v) is 7.92. The van der Waals surface area contributed by atoms with E-state index in [2.05, 4.69) is 15.3 Å². The Balaban J connectivity index is 1.82. The molecule has 0 bridgehead atoms. The lowest BCUT2D eigenvalue weighted by molar-refractivity contribution is 0.00525. The first-order chi connectivity index (χ1) is 13.2. The van der Waals surface area contributed by atoms with Gasteiger partial charge in [0.25, 0.3) is 5.91 Å². The van der Waals surface area contributed by atoms with Gasteiger partial charge < -0.3 is 20.5 Å². The smallest absolute Gasteiger partial charge is 0.345 e. The number of aromatic amines is 1. The van der Waals surface area contributed by atoms with Gasteiger partial charge in [0, 0.05) is 12.7 Å². The van der Waals surface area contributed by atoms with Crippen molar-refractivity contribution in [3.63, 3.8) is 0 Å². The summed E-state index contributed by atoms with van der Waals surface area (Å²) in [5.74, 6) is -0.430. The SMILES string of the molecule is C[C@@](O)(c1ccc(Cl)c(C(=O)NCC2(O)CCCCC2)c1)c1cc[nH]c(=O)n1. The molecule has 28 heavy (non-hydrogen) atoms. The van der Waals surface area contributed by atoms with Crippen LogP contribution in [0.5, 0.6) is 0 Å². The number of hydrogen-bond acceptors (Lipinski definition) is 5. The largest absolute Gasteiger partial charge is 0.388 e. The summed E-state index contributed by atoms with van der Waals surface area (Å²) >= 11 is 6.19. The van der Waals surface area contributed by atoms with Gasteiger partial charge in [-0.15, -0.1) is 0 Å². The number of rotatable bonds is 5. The molecule has 2 aromatic rings. The van der Waals surface area contributed by atoms with Gasteiger partial charge in [0.15, 0.2) is 0 Å². The Kier molecular flexibility index (Phi) is 5.88. The van der Waals surface area contributed by atoms with Gasteiger partial charge in [0.2, 0.25) is 0 Å².